The predicted octanol–water partition coefficient (Wildman–Crippen LogP) is 4.26. The molecular formula is C16H19F2N3. The van der Waals surface area contributed by atoms with Gasteiger partial charge in [-0.3, -0.25) is 0 Å². The SMILES string of the molecule is CCNc1nc(N(CC)c2cccc(C)c2)c(F)cc1F. The molecule has 1 heterocycles. The van der Waals surface area contributed by atoms with Crippen LogP contribution in [0.5, 0.6) is 0 Å². The Morgan fingerprint density at radius 3 is 2.52 bits per heavy atom. The van der Waals surface area contributed by atoms with Crippen molar-refractivity contribution in [3.05, 3.63) is 47.5 Å². The number of hydrogen-bond acceptors (Lipinski definition) is 3. The first-order valence-corrected chi connectivity index (χ1v) is 7.01. The summed E-state index contributed by atoms with van der Waals surface area (Å²) in [6.07, 6.45) is 0. The van der Waals surface area contributed by atoms with Crippen LogP contribution in [0, 0.1) is 18.6 Å². The molecule has 0 aliphatic rings. The van der Waals surface area contributed by atoms with Gasteiger partial charge in [-0.05, 0) is 38.5 Å². The standard InChI is InChI=1S/C16H19F2N3/c1-4-19-15-13(17)10-14(18)16(20-15)21(5-2)12-8-6-7-11(3)9-12/h6-10H,4-5H2,1-3H3,(H,19,20). The minimum Gasteiger partial charge on any atom is -0.368 e. The molecule has 1 aromatic heterocycles. The average molecular weight is 291 g/mol. The quantitative estimate of drug-likeness (QED) is 0.892. The van der Waals surface area contributed by atoms with E-state index in [1.165, 1.54) is 0 Å². The normalized spacial score (nSPS) is 10.5. The Balaban J connectivity index is 2.49. The summed E-state index contributed by atoms with van der Waals surface area (Å²) in [5.74, 6) is -1.16. The van der Waals surface area contributed by atoms with Crippen molar-refractivity contribution in [3.63, 3.8) is 0 Å². The van der Waals surface area contributed by atoms with E-state index in [-0.39, 0.29) is 11.6 Å². The number of hydrogen-bond donors (Lipinski definition) is 1. The lowest BCUT2D eigenvalue weighted by Gasteiger charge is -2.23. The largest absolute Gasteiger partial charge is 0.368 e. The third-order valence-electron chi connectivity index (χ3n) is 3.14. The van der Waals surface area contributed by atoms with Gasteiger partial charge in [-0.25, -0.2) is 13.8 Å². The third-order valence-corrected chi connectivity index (χ3v) is 3.14. The lowest BCUT2D eigenvalue weighted by Crippen LogP contribution is -2.20. The molecule has 0 amide bonds. The van der Waals surface area contributed by atoms with Crippen molar-refractivity contribution in [1.29, 1.82) is 0 Å². The highest BCUT2D eigenvalue weighted by Gasteiger charge is 2.17. The summed E-state index contributed by atoms with van der Waals surface area (Å²) in [6.45, 7) is 6.76. The van der Waals surface area contributed by atoms with Gasteiger partial charge in [0.05, 0.1) is 0 Å². The zero-order chi connectivity index (χ0) is 15.4. The molecule has 0 radical (unpaired) electrons. The van der Waals surface area contributed by atoms with Crippen molar-refractivity contribution in [3.8, 4) is 0 Å². The van der Waals surface area contributed by atoms with E-state index >= 15 is 0 Å². The number of nitrogens with one attached hydrogen (secondary N) is 1. The Kier molecular flexibility index (Phi) is 4.73. The molecule has 0 fully saturated rings. The zero-order valence-electron chi connectivity index (χ0n) is 12.5. The second-order valence-corrected chi connectivity index (χ2v) is 4.74. The number of aromatic nitrogens is 1. The molecule has 0 spiro atoms. The van der Waals surface area contributed by atoms with Gasteiger partial charge in [0.1, 0.15) is 0 Å². The Morgan fingerprint density at radius 2 is 1.90 bits per heavy atom. The number of aryl methyl sites for hydroxylation is 1. The van der Waals surface area contributed by atoms with Gasteiger partial charge >= 0.3 is 0 Å². The fourth-order valence-corrected chi connectivity index (χ4v) is 2.19. The average Bonchev–Trinajstić information content (AvgIpc) is 2.44. The highest BCUT2D eigenvalue weighted by Crippen LogP contribution is 2.29. The number of rotatable bonds is 5. The van der Waals surface area contributed by atoms with Gasteiger partial charge in [-0.1, -0.05) is 12.1 Å². The van der Waals surface area contributed by atoms with Crippen LogP contribution in [-0.4, -0.2) is 18.1 Å². The molecule has 1 N–H and O–H groups in total. The van der Waals surface area contributed by atoms with E-state index in [1.54, 1.807) is 4.90 Å². The zero-order valence-corrected chi connectivity index (χ0v) is 12.5. The first-order chi connectivity index (χ1) is 10.1. The van der Waals surface area contributed by atoms with E-state index in [9.17, 15) is 8.78 Å². The molecule has 1 aromatic carbocycles. The summed E-state index contributed by atoms with van der Waals surface area (Å²) < 4.78 is 27.8. The Morgan fingerprint density at radius 1 is 1.14 bits per heavy atom. The molecule has 112 valence electrons. The molecule has 0 aliphatic heterocycles. The molecule has 0 aliphatic carbocycles. The van der Waals surface area contributed by atoms with Crippen LogP contribution in [0.3, 0.4) is 0 Å². The Hall–Kier alpha value is -2.17. The molecule has 0 atom stereocenters. The second-order valence-electron chi connectivity index (χ2n) is 4.74. The summed E-state index contributed by atoms with van der Waals surface area (Å²) in [5, 5.41) is 2.81. The smallest absolute Gasteiger partial charge is 0.171 e. The van der Waals surface area contributed by atoms with Crippen LogP contribution in [0.25, 0.3) is 0 Å². The number of nitrogens with zero attached hydrogens (tertiary/aromatic N) is 2. The lowest BCUT2D eigenvalue weighted by atomic mass is 10.2. The summed E-state index contributed by atoms with van der Waals surface area (Å²) in [6, 6.07) is 8.57. The molecule has 0 bridgehead atoms. The van der Waals surface area contributed by atoms with Gasteiger partial charge in [0.15, 0.2) is 23.3 Å². The summed E-state index contributed by atoms with van der Waals surface area (Å²) >= 11 is 0. The molecule has 0 saturated heterocycles. The van der Waals surface area contributed by atoms with Gasteiger partial charge in [0.2, 0.25) is 0 Å². The summed E-state index contributed by atoms with van der Waals surface area (Å²) in [4.78, 5) is 5.83. The van der Waals surface area contributed by atoms with Gasteiger partial charge < -0.3 is 10.2 Å². The first kappa shape index (κ1) is 15.2. The maximum Gasteiger partial charge on any atom is 0.171 e. The molecule has 2 aromatic rings. The van der Waals surface area contributed by atoms with Gasteiger partial charge in [0.25, 0.3) is 0 Å². The summed E-state index contributed by atoms with van der Waals surface area (Å²) in [7, 11) is 0. The maximum absolute atomic E-state index is 14.1. The van der Waals surface area contributed by atoms with Crippen molar-refractivity contribution in [1.82, 2.24) is 4.98 Å². The van der Waals surface area contributed by atoms with Crippen molar-refractivity contribution in [2.75, 3.05) is 23.3 Å². The van der Waals surface area contributed by atoms with E-state index in [0.717, 1.165) is 17.3 Å². The van der Waals surface area contributed by atoms with Crippen molar-refractivity contribution in [2.45, 2.75) is 20.8 Å². The molecule has 2 rings (SSSR count). The maximum atomic E-state index is 14.1. The number of benzene rings is 1. The fourth-order valence-electron chi connectivity index (χ4n) is 2.19. The van der Waals surface area contributed by atoms with Gasteiger partial charge in [-0.2, -0.15) is 0 Å². The van der Waals surface area contributed by atoms with E-state index in [4.69, 9.17) is 0 Å². The predicted molar refractivity (Wildman–Crippen MR) is 82.2 cm³/mol. The minimum atomic E-state index is -0.682. The minimum absolute atomic E-state index is 0.0694. The van der Waals surface area contributed by atoms with Crippen LogP contribution in [-0.2, 0) is 0 Å². The Labute approximate surface area is 123 Å². The fraction of sp³-hybridized carbons (Fsp3) is 0.312. The molecule has 0 unspecified atom stereocenters. The molecule has 0 saturated carbocycles. The number of pyridine rings is 1. The van der Waals surface area contributed by atoms with Gasteiger partial charge in [-0.15, -0.1) is 0 Å². The van der Waals surface area contributed by atoms with Crippen LogP contribution < -0.4 is 10.2 Å². The topological polar surface area (TPSA) is 28.2 Å². The van der Waals surface area contributed by atoms with Crippen LogP contribution >= 0.6 is 0 Å². The van der Waals surface area contributed by atoms with Crippen molar-refractivity contribution >= 4 is 17.3 Å². The number of halogens is 2. The van der Waals surface area contributed by atoms with Crippen molar-refractivity contribution < 1.29 is 8.78 Å². The lowest BCUT2D eigenvalue weighted by molar-refractivity contribution is 0.575. The van der Waals surface area contributed by atoms with Crippen LogP contribution in [0.15, 0.2) is 30.3 Å². The highest BCUT2D eigenvalue weighted by molar-refractivity contribution is 5.63. The van der Waals surface area contributed by atoms with E-state index < -0.39 is 11.6 Å². The third kappa shape index (κ3) is 3.29. The molecule has 3 nitrogen and oxygen atoms in total. The Bertz CT molecular complexity index is 629. The summed E-state index contributed by atoms with van der Waals surface area (Å²) in [5.41, 5.74) is 1.90. The molecule has 5 heteroatoms. The van der Waals surface area contributed by atoms with Crippen LogP contribution in [0.1, 0.15) is 19.4 Å². The number of anilines is 3. The van der Waals surface area contributed by atoms with Crippen LogP contribution in [0.4, 0.5) is 26.1 Å². The van der Waals surface area contributed by atoms with Gasteiger partial charge in [0, 0.05) is 24.8 Å². The molecular weight excluding hydrogens is 272 g/mol. The van der Waals surface area contributed by atoms with Crippen molar-refractivity contribution in [2.24, 2.45) is 0 Å². The highest BCUT2D eigenvalue weighted by atomic mass is 19.1. The van der Waals surface area contributed by atoms with Crippen LogP contribution in [0.2, 0.25) is 0 Å². The molecule has 21 heavy (non-hydrogen) atoms. The first-order valence-electron chi connectivity index (χ1n) is 7.01. The van der Waals surface area contributed by atoms with E-state index in [2.05, 4.69) is 10.3 Å². The van der Waals surface area contributed by atoms with E-state index in [0.29, 0.717) is 13.1 Å². The second kappa shape index (κ2) is 6.52. The monoisotopic (exact) mass is 291 g/mol. The van der Waals surface area contributed by atoms with E-state index in [1.807, 2.05) is 45.0 Å².